The van der Waals surface area contributed by atoms with Gasteiger partial charge in [-0.1, -0.05) is 109 Å². The fourth-order valence-electron chi connectivity index (χ4n) is 4.60. The smallest absolute Gasteiger partial charge is 0.265 e. The topological polar surface area (TPSA) is 101 Å². The summed E-state index contributed by atoms with van der Waals surface area (Å²) in [6.45, 7) is 0. The summed E-state index contributed by atoms with van der Waals surface area (Å²) in [4.78, 5) is 22.7. The Labute approximate surface area is 264 Å². The summed E-state index contributed by atoms with van der Waals surface area (Å²) in [5.41, 5.74) is 3.56. The highest BCUT2D eigenvalue weighted by atomic mass is 35.5. The largest absolute Gasteiger partial charge is 0.322 e. The van der Waals surface area contributed by atoms with Crippen LogP contribution in [-0.2, 0) is 15.8 Å². The van der Waals surface area contributed by atoms with Crippen LogP contribution in [0.1, 0.15) is 15.9 Å². The fraction of sp³-hybridized carbons (Fsp3) is 0.0294. The van der Waals surface area contributed by atoms with E-state index in [4.69, 9.17) is 11.6 Å². The van der Waals surface area contributed by atoms with Crippen molar-refractivity contribution in [2.45, 2.75) is 15.5 Å². The highest BCUT2D eigenvalue weighted by Gasteiger charge is 2.25. The van der Waals surface area contributed by atoms with Crippen LogP contribution in [0.2, 0.25) is 5.02 Å². The first kappa shape index (κ1) is 29.4. The Balaban J connectivity index is 1.41. The molecule has 2 N–H and O–H groups in total. The van der Waals surface area contributed by atoms with Gasteiger partial charge in [0.05, 0.1) is 21.8 Å². The molecule has 0 spiro atoms. The molecule has 7 nitrogen and oxygen atoms in total. The Morgan fingerprint density at radius 2 is 1.41 bits per heavy atom. The van der Waals surface area contributed by atoms with Gasteiger partial charge in [0.15, 0.2) is 0 Å². The molecule has 0 radical (unpaired) electrons. The predicted octanol–water partition coefficient (Wildman–Crippen LogP) is 8.30. The minimum Gasteiger partial charge on any atom is -0.322 e. The van der Waals surface area contributed by atoms with Crippen molar-refractivity contribution in [2.24, 2.45) is 0 Å². The van der Waals surface area contributed by atoms with Crippen LogP contribution in [0, 0.1) is 0 Å². The zero-order valence-corrected chi connectivity index (χ0v) is 25.5. The van der Waals surface area contributed by atoms with Crippen LogP contribution in [0.15, 0.2) is 137 Å². The van der Waals surface area contributed by atoms with Crippen LogP contribution in [0.3, 0.4) is 0 Å². The Morgan fingerprint density at radius 1 is 0.773 bits per heavy atom. The number of sulfonamides is 1. The Hall–Kier alpha value is -4.70. The molecule has 0 unspecified atom stereocenters. The van der Waals surface area contributed by atoms with E-state index in [9.17, 15) is 13.2 Å². The third-order valence-corrected chi connectivity index (χ3v) is 9.65. The number of rotatable bonds is 9. The number of para-hydroxylation sites is 2. The molecular formula is C34H25ClN4O3S2. The molecule has 6 aromatic rings. The molecule has 6 rings (SSSR count). The number of benzene rings is 5. The average Bonchev–Trinajstić information content (AvgIpc) is 3.04. The van der Waals surface area contributed by atoms with Crippen molar-refractivity contribution >= 4 is 61.8 Å². The van der Waals surface area contributed by atoms with Crippen molar-refractivity contribution in [2.75, 3.05) is 10.0 Å². The molecule has 0 fully saturated rings. The molecule has 0 aliphatic rings. The van der Waals surface area contributed by atoms with Crippen molar-refractivity contribution in [3.63, 3.8) is 0 Å². The molecule has 5 aromatic carbocycles. The zero-order chi connectivity index (χ0) is 30.5. The van der Waals surface area contributed by atoms with Crippen molar-refractivity contribution in [1.29, 1.82) is 0 Å². The van der Waals surface area contributed by atoms with Crippen molar-refractivity contribution < 1.29 is 13.2 Å². The summed E-state index contributed by atoms with van der Waals surface area (Å²) in [7, 11) is -4.30. The van der Waals surface area contributed by atoms with Gasteiger partial charge in [-0.25, -0.2) is 23.1 Å². The van der Waals surface area contributed by atoms with Gasteiger partial charge in [-0.3, -0.25) is 4.79 Å². The number of anilines is 2. The summed E-state index contributed by atoms with van der Waals surface area (Å²) in [6.07, 6.45) is 0. The molecule has 0 bridgehead atoms. The number of carbonyl (C=O) groups is 1. The van der Waals surface area contributed by atoms with Gasteiger partial charge in [-0.2, -0.15) is 0 Å². The zero-order valence-electron chi connectivity index (χ0n) is 23.1. The molecular weight excluding hydrogens is 612 g/mol. The Morgan fingerprint density at radius 3 is 2.14 bits per heavy atom. The average molecular weight is 637 g/mol. The van der Waals surface area contributed by atoms with E-state index in [1.54, 1.807) is 30.3 Å². The Bertz CT molecular complexity index is 2060. The number of hydrogen-bond donors (Lipinski definition) is 2. The summed E-state index contributed by atoms with van der Waals surface area (Å²) < 4.78 is 30.7. The first-order chi connectivity index (χ1) is 21.4. The van der Waals surface area contributed by atoms with Crippen LogP contribution in [-0.4, -0.2) is 24.3 Å². The molecule has 0 atom stereocenters. The standard InChI is InChI=1S/C34H25ClN4O3S2/c35-28-21-30(43-22-23-12-4-1-5-13-23)31(20-27(28)33(40)36-25-16-8-3-9-17-25)44(41,42)39-34-37-29-19-11-10-18-26(29)32(38-34)24-14-6-2-7-15-24/h1-21H,22H2,(H,36,40)(H,37,38,39). The number of amides is 1. The third kappa shape index (κ3) is 6.60. The molecule has 44 heavy (non-hydrogen) atoms. The number of carbonyl (C=O) groups excluding carboxylic acids is 1. The van der Waals surface area contributed by atoms with E-state index in [0.717, 1.165) is 16.5 Å². The van der Waals surface area contributed by atoms with Crippen LogP contribution < -0.4 is 10.0 Å². The first-order valence-electron chi connectivity index (χ1n) is 13.6. The quantitative estimate of drug-likeness (QED) is 0.155. The van der Waals surface area contributed by atoms with E-state index in [2.05, 4.69) is 20.0 Å². The number of thioether (sulfide) groups is 1. The van der Waals surface area contributed by atoms with Crippen LogP contribution in [0.4, 0.5) is 11.6 Å². The number of halogens is 1. The van der Waals surface area contributed by atoms with Gasteiger partial charge in [-0.15, -0.1) is 11.8 Å². The maximum absolute atomic E-state index is 14.1. The summed E-state index contributed by atoms with van der Waals surface area (Å²) in [5.74, 6) is -0.141. The van der Waals surface area contributed by atoms with Gasteiger partial charge in [0.2, 0.25) is 5.95 Å². The number of hydrogen-bond acceptors (Lipinski definition) is 6. The fourth-order valence-corrected chi connectivity index (χ4v) is 7.38. The molecule has 1 amide bonds. The van der Waals surface area contributed by atoms with Gasteiger partial charge in [0, 0.05) is 27.3 Å². The molecule has 218 valence electrons. The molecule has 0 saturated heterocycles. The minimum absolute atomic E-state index is 0.0179. The van der Waals surface area contributed by atoms with E-state index >= 15 is 0 Å². The van der Waals surface area contributed by atoms with Crippen LogP contribution in [0.25, 0.3) is 22.2 Å². The number of aromatic nitrogens is 2. The van der Waals surface area contributed by atoms with Crippen LogP contribution >= 0.6 is 23.4 Å². The van der Waals surface area contributed by atoms with Gasteiger partial charge in [0.25, 0.3) is 15.9 Å². The molecule has 10 heteroatoms. The maximum atomic E-state index is 14.1. The van der Waals surface area contributed by atoms with Crippen molar-refractivity contribution in [3.8, 4) is 11.3 Å². The van der Waals surface area contributed by atoms with Gasteiger partial charge in [-0.05, 0) is 35.9 Å². The van der Waals surface area contributed by atoms with E-state index in [0.29, 0.717) is 27.5 Å². The van der Waals surface area contributed by atoms with E-state index in [1.807, 2.05) is 84.9 Å². The van der Waals surface area contributed by atoms with Gasteiger partial charge in [0.1, 0.15) is 4.90 Å². The molecule has 1 aromatic heterocycles. The summed E-state index contributed by atoms with van der Waals surface area (Å²) in [6, 6.07) is 38.2. The lowest BCUT2D eigenvalue weighted by atomic mass is 10.1. The summed E-state index contributed by atoms with van der Waals surface area (Å²) >= 11 is 7.90. The number of nitrogens with one attached hydrogen (secondary N) is 2. The predicted molar refractivity (Wildman–Crippen MR) is 178 cm³/mol. The lowest BCUT2D eigenvalue weighted by molar-refractivity contribution is 0.102. The normalized spacial score (nSPS) is 11.3. The number of nitrogens with zero attached hydrogens (tertiary/aromatic N) is 2. The van der Waals surface area contributed by atoms with E-state index in [-0.39, 0.29) is 21.4 Å². The monoisotopic (exact) mass is 636 g/mol. The maximum Gasteiger partial charge on any atom is 0.265 e. The first-order valence-corrected chi connectivity index (χ1v) is 16.4. The lowest BCUT2D eigenvalue weighted by Crippen LogP contribution is -2.19. The lowest BCUT2D eigenvalue weighted by Gasteiger charge is -2.16. The second-order valence-corrected chi connectivity index (χ2v) is 12.8. The Kier molecular flexibility index (Phi) is 8.60. The second kappa shape index (κ2) is 12.9. The summed E-state index contributed by atoms with van der Waals surface area (Å²) in [5, 5.41) is 3.69. The highest BCUT2D eigenvalue weighted by molar-refractivity contribution is 7.99. The van der Waals surface area contributed by atoms with Crippen LogP contribution in [0.5, 0.6) is 0 Å². The van der Waals surface area contributed by atoms with E-state index in [1.165, 1.54) is 23.9 Å². The van der Waals surface area contributed by atoms with Crippen molar-refractivity contribution in [1.82, 2.24) is 9.97 Å². The minimum atomic E-state index is -4.30. The van der Waals surface area contributed by atoms with E-state index < -0.39 is 15.9 Å². The second-order valence-electron chi connectivity index (χ2n) is 9.76. The molecule has 0 saturated carbocycles. The number of fused-ring (bicyclic) bond motifs is 1. The third-order valence-electron chi connectivity index (χ3n) is 6.71. The SMILES string of the molecule is O=C(Nc1ccccc1)c1cc(S(=O)(=O)Nc2nc(-c3ccccc3)c3ccccc3n2)c(SCc2ccccc2)cc1Cl. The molecule has 1 heterocycles. The van der Waals surface area contributed by atoms with Crippen molar-refractivity contribution in [3.05, 3.63) is 144 Å². The molecule has 0 aliphatic carbocycles. The van der Waals surface area contributed by atoms with Gasteiger partial charge >= 0.3 is 0 Å². The molecule has 0 aliphatic heterocycles. The van der Waals surface area contributed by atoms with Gasteiger partial charge < -0.3 is 5.32 Å². The highest BCUT2D eigenvalue weighted by Crippen LogP contribution is 2.36.